The first-order chi connectivity index (χ1) is 13.6. The summed E-state index contributed by atoms with van der Waals surface area (Å²) in [5.74, 6) is 0.608. The van der Waals surface area contributed by atoms with Crippen LogP contribution in [0.5, 0.6) is 0 Å². The molecule has 5 rings (SSSR count). The minimum absolute atomic E-state index is 0.0227. The Labute approximate surface area is 173 Å². The number of carbonyl (C=O) groups excluding carboxylic acids is 2. The number of urea groups is 1. The van der Waals surface area contributed by atoms with Crippen LogP contribution < -0.4 is 5.32 Å². The lowest BCUT2D eigenvalue weighted by atomic mass is 9.77. The fraction of sp³-hybridized carbons (Fsp3) is 0.524. The van der Waals surface area contributed by atoms with E-state index in [4.69, 9.17) is 0 Å². The number of thiophene rings is 2. The van der Waals surface area contributed by atoms with Crippen LogP contribution in [0.4, 0.5) is 4.79 Å². The number of imide groups is 1. The Kier molecular flexibility index (Phi) is 4.56. The molecule has 148 valence electrons. The first kappa shape index (κ1) is 18.3. The number of carbonyl (C=O) groups is 2. The second-order valence-electron chi connectivity index (χ2n) is 8.35. The zero-order chi connectivity index (χ0) is 19.3. The highest BCUT2D eigenvalue weighted by molar-refractivity contribution is 7.10. The summed E-state index contributed by atoms with van der Waals surface area (Å²) in [6.07, 6.45) is 4.50. The van der Waals surface area contributed by atoms with Gasteiger partial charge in [-0.1, -0.05) is 13.0 Å². The molecule has 1 spiro atoms. The molecule has 4 heterocycles. The standard InChI is InChI=1S/C21H25N3O2S2/c1-14-4-8-21(9-5-14)19(25)24(20(26)22-21)13-23-10-6-16-15(7-12-28-16)18(23)17-3-2-11-27-17/h2-3,7,11-12,14,18H,4-6,8-10,13H2,1H3,(H,22,26)/t14?,18-,21?/m1/s1. The molecule has 0 unspecified atom stereocenters. The van der Waals surface area contributed by atoms with E-state index in [0.29, 0.717) is 12.6 Å². The van der Waals surface area contributed by atoms with Crippen LogP contribution in [-0.4, -0.2) is 40.5 Å². The number of amides is 3. The molecule has 3 amide bonds. The van der Waals surface area contributed by atoms with Crippen LogP contribution >= 0.6 is 22.7 Å². The number of rotatable bonds is 3. The predicted molar refractivity (Wildman–Crippen MR) is 111 cm³/mol. The number of hydrogen-bond donors (Lipinski definition) is 1. The van der Waals surface area contributed by atoms with Crippen molar-refractivity contribution < 1.29 is 9.59 Å². The summed E-state index contributed by atoms with van der Waals surface area (Å²) < 4.78 is 0. The Morgan fingerprint density at radius 2 is 2.00 bits per heavy atom. The van der Waals surface area contributed by atoms with E-state index >= 15 is 0 Å². The minimum atomic E-state index is -0.661. The molecule has 1 saturated carbocycles. The zero-order valence-electron chi connectivity index (χ0n) is 16.0. The van der Waals surface area contributed by atoms with Crippen molar-refractivity contribution in [3.8, 4) is 0 Å². The third-order valence-electron chi connectivity index (χ3n) is 6.58. The maximum atomic E-state index is 13.3. The van der Waals surface area contributed by atoms with Crippen molar-refractivity contribution in [3.05, 3.63) is 44.3 Å². The van der Waals surface area contributed by atoms with Gasteiger partial charge in [-0.3, -0.25) is 9.69 Å². The van der Waals surface area contributed by atoms with Gasteiger partial charge < -0.3 is 5.32 Å². The molecule has 2 aliphatic heterocycles. The first-order valence-corrected chi connectivity index (χ1v) is 11.8. The summed E-state index contributed by atoms with van der Waals surface area (Å²) in [5.41, 5.74) is 0.665. The largest absolute Gasteiger partial charge is 0.326 e. The van der Waals surface area contributed by atoms with Crippen LogP contribution in [-0.2, 0) is 11.2 Å². The van der Waals surface area contributed by atoms with Gasteiger partial charge in [0.15, 0.2) is 0 Å². The Morgan fingerprint density at radius 1 is 1.18 bits per heavy atom. The Morgan fingerprint density at radius 3 is 2.75 bits per heavy atom. The maximum Gasteiger partial charge on any atom is 0.326 e. The minimum Gasteiger partial charge on any atom is -0.323 e. The molecule has 2 aromatic heterocycles. The fourth-order valence-corrected chi connectivity index (χ4v) is 6.66. The van der Waals surface area contributed by atoms with Gasteiger partial charge in [-0.25, -0.2) is 9.69 Å². The summed E-state index contributed by atoms with van der Waals surface area (Å²) in [6.45, 7) is 3.45. The lowest BCUT2D eigenvalue weighted by Gasteiger charge is -2.37. The molecule has 3 aliphatic rings. The van der Waals surface area contributed by atoms with Gasteiger partial charge in [0.05, 0.1) is 12.7 Å². The highest BCUT2D eigenvalue weighted by Gasteiger charge is 2.52. The Hall–Kier alpha value is -1.70. The molecule has 7 heteroatoms. The van der Waals surface area contributed by atoms with Crippen molar-refractivity contribution in [1.29, 1.82) is 0 Å². The normalized spacial score (nSPS) is 30.7. The van der Waals surface area contributed by atoms with Crippen molar-refractivity contribution in [1.82, 2.24) is 15.1 Å². The number of nitrogens with zero attached hydrogens (tertiary/aromatic N) is 2. The van der Waals surface area contributed by atoms with Gasteiger partial charge in [0.1, 0.15) is 5.54 Å². The van der Waals surface area contributed by atoms with Crippen molar-refractivity contribution >= 4 is 34.6 Å². The molecule has 1 atom stereocenters. The van der Waals surface area contributed by atoms with Crippen LogP contribution in [0.2, 0.25) is 0 Å². The second kappa shape index (κ2) is 6.97. The molecular weight excluding hydrogens is 390 g/mol. The first-order valence-electron chi connectivity index (χ1n) is 10.1. The van der Waals surface area contributed by atoms with Gasteiger partial charge in [0.25, 0.3) is 5.91 Å². The smallest absolute Gasteiger partial charge is 0.323 e. The average Bonchev–Trinajstić information content (AvgIpc) is 3.42. The van der Waals surface area contributed by atoms with E-state index < -0.39 is 5.54 Å². The van der Waals surface area contributed by atoms with Crippen molar-refractivity contribution in [2.24, 2.45) is 5.92 Å². The van der Waals surface area contributed by atoms with Gasteiger partial charge >= 0.3 is 6.03 Å². The van der Waals surface area contributed by atoms with E-state index in [2.05, 4.69) is 46.1 Å². The van der Waals surface area contributed by atoms with Crippen molar-refractivity contribution in [2.45, 2.75) is 50.6 Å². The molecule has 5 nitrogen and oxygen atoms in total. The summed E-state index contributed by atoms with van der Waals surface area (Å²) in [7, 11) is 0. The van der Waals surface area contributed by atoms with Gasteiger partial charge in [0.2, 0.25) is 0 Å². The number of nitrogens with one attached hydrogen (secondary N) is 1. The number of hydrogen-bond acceptors (Lipinski definition) is 5. The predicted octanol–water partition coefficient (Wildman–Crippen LogP) is 4.22. The van der Waals surface area contributed by atoms with E-state index in [0.717, 1.165) is 38.6 Å². The third kappa shape index (κ3) is 2.91. The molecule has 0 bridgehead atoms. The van der Waals surface area contributed by atoms with Crippen molar-refractivity contribution in [2.75, 3.05) is 13.2 Å². The van der Waals surface area contributed by atoms with Gasteiger partial charge in [-0.2, -0.15) is 0 Å². The molecule has 0 aromatic carbocycles. The second-order valence-corrected chi connectivity index (χ2v) is 10.3. The van der Waals surface area contributed by atoms with Gasteiger partial charge in [-0.05, 0) is 66.5 Å². The zero-order valence-corrected chi connectivity index (χ0v) is 17.7. The monoisotopic (exact) mass is 415 g/mol. The molecule has 1 saturated heterocycles. The van der Waals surface area contributed by atoms with E-state index in [-0.39, 0.29) is 18.0 Å². The van der Waals surface area contributed by atoms with E-state index in [1.807, 2.05) is 11.3 Å². The highest BCUT2D eigenvalue weighted by atomic mass is 32.1. The lowest BCUT2D eigenvalue weighted by Crippen LogP contribution is -2.50. The van der Waals surface area contributed by atoms with Crippen LogP contribution in [0.1, 0.15) is 54.0 Å². The third-order valence-corrected chi connectivity index (χ3v) is 8.50. The quantitative estimate of drug-likeness (QED) is 0.764. The fourth-order valence-electron chi connectivity index (χ4n) is 4.88. The van der Waals surface area contributed by atoms with Crippen LogP contribution in [0.3, 0.4) is 0 Å². The number of fused-ring (bicyclic) bond motifs is 1. The van der Waals surface area contributed by atoms with Crippen LogP contribution in [0.15, 0.2) is 29.0 Å². The van der Waals surface area contributed by atoms with Gasteiger partial charge in [-0.15, -0.1) is 22.7 Å². The average molecular weight is 416 g/mol. The van der Waals surface area contributed by atoms with Crippen LogP contribution in [0, 0.1) is 5.92 Å². The molecule has 28 heavy (non-hydrogen) atoms. The maximum absolute atomic E-state index is 13.3. The highest BCUT2D eigenvalue weighted by Crippen LogP contribution is 2.41. The molecule has 2 fully saturated rings. The molecular formula is C21H25N3O2S2. The molecule has 1 N–H and O–H groups in total. The molecule has 2 aromatic rings. The Bertz CT molecular complexity index is 883. The summed E-state index contributed by atoms with van der Waals surface area (Å²) in [4.78, 5) is 32.5. The SMILES string of the molecule is CC1CCC2(CC1)NC(=O)N(CN1CCc3sccc3[C@@H]1c1cccs1)C2=O. The lowest BCUT2D eigenvalue weighted by molar-refractivity contribution is -0.134. The Balaban J connectivity index is 1.41. The topological polar surface area (TPSA) is 52.7 Å². The van der Waals surface area contributed by atoms with Crippen molar-refractivity contribution in [3.63, 3.8) is 0 Å². The summed E-state index contributed by atoms with van der Waals surface area (Å²) in [5, 5.41) is 7.31. The van der Waals surface area contributed by atoms with Crippen LogP contribution in [0.25, 0.3) is 0 Å². The summed E-state index contributed by atoms with van der Waals surface area (Å²) >= 11 is 3.55. The van der Waals surface area contributed by atoms with E-state index in [1.165, 1.54) is 20.2 Å². The van der Waals surface area contributed by atoms with E-state index in [1.54, 1.807) is 11.3 Å². The molecule has 0 radical (unpaired) electrons. The van der Waals surface area contributed by atoms with Gasteiger partial charge in [0, 0.05) is 16.3 Å². The summed E-state index contributed by atoms with van der Waals surface area (Å²) in [6, 6.07) is 6.33. The molecule has 1 aliphatic carbocycles. The van der Waals surface area contributed by atoms with E-state index in [9.17, 15) is 9.59 Å².